The minimum atomic E-state index is 0.535. The molecule has 1 saturated heterocycles. The van der Waals surface area contributed by atoms with Crippen molar-refractivity contribution in [3.63, 3.8) is 0 Å². The second-order valence-corrected chi connectivity index (χ2v) is 5.82. The molecule has 2 rings (SSSR count). The number of aryl methyl sites for hydroxylation is 1. The minimum absolute atomic E-state index is 0.535. The highest BCUT2D eigenvalue weighted by Crippen LogP contribution is 2.26. The Morgan fingerprint density at radius 3 is 2.89 bits per heavy atom. The van der Waals surface area contributed by atoms with Gasteiger partial charge in [0, 0.05) is 18.6 Å². The molecule has 1 aliphatic heterocycles. The van der Waals surface area contributed by atoms with Gasteiger partial charge >= 0.3 is 0 Å². The van der Waals surface area contributed by atoms with Gasteiger partial charge in [0.25, 0.3) is 0 Å². The zero-order valence-electron chi connectivity index (χ0n) is 12.7. The van der Waals surface area contributed by atoms with Crippen LogP contribution in [0.15, 0.2) is 24.3 Å². The van der Waals surface area contributed by atoms with Crippen LogP contribution in [0, 0.1) is 6.92 Å². The van der Waals surface area contributed by atoms with E-state index in [-0.39, 0.29) is 0 Å². The van der Waals surface area contributed by atoms with Crippen LogP contribution in [0.3, 0.4) is 0 Å². The molecule has 0 aliphatic carbocycles. The Hall–Kier alpha value is -0.860. The summed E-state index contributed by atoms with van der Waals surface area (Å²) in [6, 6.07) is 10.0. The van der Waals surface area contributed by atoms with Gasteiger partial charge in [-0.25, -0.2) is 0 Å². The van der Waals surface area contributed by atoms with E-state index in [1.807, 2.05) is 0 Å². The molecule has 2 nitrogen and oxygen atoms in total. The SMILES string of the molecule is CCCNC1CCCN(C(C)c2ccccc2C)C1. The number of likely N-dealkylation sites (tertiary alicyclic amines) is 1. The fourth-order valence-electron chi connectivity index (χ4n) is 3.13. The summed E-state index contributed by atoms with van der Waals surface area (Å²) in [4.78, 5) is 2.64. The Morgan fingerprint density at radius 2 is 2.16 bits per heavy atom. The summed E-state index contributed by atoms with van der Waals surface area (Å²) in [5.74, 6) is 0. The highest BCUT2D eigenvalue weighted by molar-refractivity contribution is 5.28. The third-order valence-corrected chi connectivity index (χ3v) is 4.32. The van der Waals surface area contributed by atoms with Gasteiger partial charge in [-0.3, -0.25) is 4.90 Å². The molecule has 0 aromatic heterocycles. The standard InChI is InChI=1S/C17H28N2/c1-4-11-18-16-9-7-12-19(13-16)15(3)17-10-6-5-8-14(17)2/h5-6,8,10,15-16,18H,4,7,9,11-13H2,1-3H3. The first-order valence-electron chi connectivity index (χ1n) is 7.75. The average molecular weight is 260 g/mol. The van der Waals surface area contributed by atoms with Gasteiger partial charge in [0.05, 0.1) is 0 Å². The van der Waals surface area contributed by atoms with E-state index in [0.717, 1.165) is 6.54 Å². The van der Waals surface area contributed by atoms with E-state index in [4.69, 9.17) is 0 Å². The summed E-state index contributed by atoms with van der Waals surface area (Å²) in [5.41, 5.74) is 2.90. The second kappa shape index (κ2) is 7.06. The number of nitrogens with one attached hydrogen (secondary N) is 1. The van der Waals surface area contributed by atoms with Gasteiger partial charge in [0.2, 0.25) is 0 Å². The lowest BCUT2D eigenvalue weighted by atomic mass is 9.97. The van der Waals surface area contributed by atoms with Crippen LogP contribution < -0.4 is 5.32 Å². The largest absolute Gasteiger partial charge is 0.313 e. The number of nitrogens with zero attached hydrogens (tertiary/aromatic N) is 1. The summed E-state index contributed by atoms with van der Waals surface area (Å²) >= 11 is 0. The monoisotopic (exact) mass is 260 g/mol. The summed E-state index contributed by atoms with van der Waals surface area (Å²) in [5, 5.41) is 3.68. The van der Waals surface area contributed by atoms with Crippen molar-refractivity contribution in [2.75, 3.05) is 19.6 Å². The normalized spacial score (nSPS) is 22.4. The molecular weight excluding hydrogens is 232 g/mol. The predicted molar refractivity (Wildman–Crippen MR) is 82.5 cm³/mol. The number of benzene rings is 1. The fraction of sp³-hybridized carbons (Fsp3) is 0.647. The van der Waals surface area contributed by atoms with Gasteiger partial charge in [-0.2, -0.15) is 0 Å². The van der Waals surface area contributed by atoms with E-state index in [1.165, 1.54) is 43.5 Å². The molecule has 1 N–H and O–H groups in total. The Balaban J connectivity index is 1.99. The number of hydrogen-bond donors (Lipinski definition) is 1. The predicted octanol–water partition coefficient (Wildman–Crippen LogP) is 3.52. The molecule has 0 bridgehead atoms. The van der Waals surface area contributed by atoms with E-state index < -0.39 is 0 Å². The van der Waals surface area contributed by atoms with E-state index in [9.17, 15) is 0 Å². The summed E-state index contributed by atoms with van der Waals surface area (Å²) in [7, 11) is 0. The topological polar surface area (TPSA) is 15.3 Å². The van der Waals surface area contributed by atoms with Crippen molar-refractivity contribution in [1.82, 2.24) is 10.2 Å². The lowest BCUT2D eigenvalue weighted by Gasteiger charge is -2.38. The van der Waals surface area contributed by atoms with Gasteiger partial charge in [-0.1, -0.05) is 31.2 Å². The van der Waals surface area contributed by atoms with E-state index >= 15 is 0 Å². The Kier molecular flexibility index (Phi) is 5.41. The zero-order valence-corrected chi connectivity index (χ0v) is 12.7. The summed E-state index contributed by atoms with van der Waals surface area (Å²) in [6.45, 7) is 10.4. The lowest BCUT2D eigenvalue weighted by molar-refractivity contribution is 0.145. The van der Waals surface area contributed by atoms with Crippen LogP contribution in [0.25, 0.3) is 0 Å². The van der Waals surface area contributed by atoms with Crippen molar-refractivity contribution < 1.29 is 0 Å². The first-order valence-corrected chi connectivity index (χ1v) is 7.75. The van der Waals surface area contributed by atoms with Crippen LogP contribution in [-0.2, 0) is 0 Å². The smallest absolute Gasteiger partial charge is 0.0323 e. The van der Waals surface area contributed by atoms with Crippen LogP contribution in [0.1, 0.15) is 50.3 Å². The number of hydrogen-bond acceptors (Lipinski definition) is 2. The molecule has 1 heterocycles. The third kappa shape index (κ3) is 3.80. The van der Waals surface area contributed by atoms with Crippen LogP contribution in [0.5, 0.6) is 0 Å². The highest BCUT2D eigenvalue weighted by Gasteiger charge is 2.24. The molecule has 19 heavy (non-hydrogen) atoms. The van der Waals surface area contributed by atoms with Crippen LogP contribution in [-0.4, -0.2) is 30.6 Å². The van der Waals surface area contributed by atoms with Gasteiger partial charge < -0.3 is 5.32 Å². The van der Waals surface area contributed by atoms with Gasteiger partial charge in [0.15, 0.2) is 0 Å². The molecule has 2 unspecified atom stereocenters. The zero-order chi connectivity index (χ0) is 13.7. The van der Waals surface area contributed by atoms with Crippen molar-refractivity contribution in [2.45, 2.75) is 52.1 Å². The highest BCUT2D eigenvalue weighted by atomic mass is 15.2. The van der Waals surface area contributed by atoms with Crippen molar-refractivity contribution in [1.29, 1.82) is 0 Å². The Labute approximate surface area is 118 Å². The van der Waals surface area contributed by atoms with Crippen molar-refractivity contribution in [3.05, 3.63) is 35.4 Å². The van der Waals surface area contributed by atoms with Crippen LogP contribution >= 0.6 is 0 Å². The van der Waals surface area contributed by atoms with Crippen LogP contribution in [0.2, 0.25) is 0 Å². The third-order valence-electron chi connectivity index (χ3n) is 4.32. The molecule has 2 heteroatoms. The maximum absolute atomic E-state index is 3.68. The molecule has 106 valence electrons. The first-order chi connectivity index (χ1) is 9.22. The Bertz CT molecular complexity index is 389. The molecule has 0 radical (unpaired) electrons. The molecule has 0 spiro atoms. The van der Waals surface area contributed by atoms with Gasteiger partial charge in [0.1, 0.15) is 0 Å². The molecule has 0 amide bonds. The lowest BCUT2D eigenvalue weighted by Crippen LogP contribution is -2.46. The van der Waals surface area contributed by atoms with Gasteiger partial charge in [-0.15, -0.1) is 0 Å². The van der Waals surface area contributed by atoms with Crippen molar-refractivity contribution >= 4 is 0 Å². The number of piperidine rings is 1. The molecule has 0 saturated carbocycles. The van der Waals surface area contributed by atoms with E-state index in [2.05, 4.69) is 55.3 Å². The van der Waals surface area contributed by atoms with Crippen LogP contribution in [0.4, 0.5) is 0 Å². The van der Waals surface area contributed by atoms with E-state index in [0.29, 0.717) is 12.1 Å². The maximum Gasteiger partial charge on any atom is 0.0323 e. The van der Waals surface area contributed by atoms with Gasteiger partial charge in [-0.05, 0) is 57.3 Å². The average Bonchev–Trinajstić information content (AvgIpc) is 2.45. The molecule has 1 aliphatic rings. The van der Waals surface area contributed by atoms with Crippen molar-refractivity contribution in [2.24, 2.45) is 0 Å². The quantitative estimate of drug-likeness (QED) is 0.871. The molecule has 1 aromatic carbocycles. The van der Waals surface area contributed by atoms with Crippen molar-refractivity contribution in [3.8, 4) is 0 Å². The number of rotatable bonds is 5. The Morgan fingerprint density at radius 1 is 1.37 bits per heavy atom. The molecular formula is C17H28N2. The second-order valence-electron chi connectivity index (χ2n) is 5.82. The summed E-state index contributed by atoms with van der Waals surface area (Å²) in [6.07, 6.45) is 3.87. The molecule has 1 aromatic rings. The fourth-order valence-corrected chi connectivity index (χ4v) is 3.13. The maximum atomic E-state index is 3.68. The first kappa shape index (κ1) is 14.5. The minimum Gasteiger partial charge on any atom is -0.313 e. The summed E-state index contributed by atoms with van der Waals surface area (Å²) < 4.78 is 0. The molecule has 2 atom stereocenters. The van der Waals surface area contributed by atoms with E-state index in [1.54, 1.807) is 0 Å². The molecule has 1 fully saturated rings.